The third-order valence-corrected chi connectivity index (χ3v) is 6.10. The summed E-state index contributed by atoms with van der Waals surface area (Å²) in [5.41, 5.74) is 1.98. The molecule has 0 bridgehead atoms. The van der Waals surface area contributed by atoms with E-state index in [4.69, 9.17) is 0 Å². The van der Waals surface area contributed by atoms with Gasteiger partial charge < -0.3 is 4.90 Å². The molecule has 0 radical (unpaired) electrons. The van der Waals surface area contributed by atoms with Crippen LogP contribution >= 0.6 is 0 Å². The molecule has 1 amide bonds. The summed E-state index contributed by atoms with van der Waals surface area (Å²) in [5.74, 6) is 0.484. The number of benzene rings is 2. The van der Waals surface area contributed by atoms with Crippen LogP contribution in [0.2, 0.25) is 0 Å². The Morgan fingerprint density at radius 2 is 1.75 bits per heavy atom. The third kappa shape index (κ3) is 3.59. The van der Waals surface area contributed by atoms with Crippen LogP contribution in [-0.4, -0.2) is 33.4 Å². The lowest BCUT2D eigenvalue weighted by Gasteiger charge is -2.17. The number of carbonyl (C=O) groups excluding carboxylic acids is 1. The molecule has 1 heterocycles. The van der Waals surface area contributed by atoms with Crippen molar-refractivity contribution in [2.75, 3.05) is 13.1 Å². The van der Waals surface area contributed by atoms with Gasteiger partial charge >= 0.3 is 0 Å². The van der Waals surface area contributed by atoms with E-state index in [1.54, 1.807) is 12.1 Å². The van der Waals surface area contributed by atoms with Gasteiger partial charge in [0, 0.05) is 34.7 Å². The average Bonchev–Trinajstić information content (AvgIpc) is 3.11. The lowest BCUT2D eigenvalue weighted by atomic mass is 9.99. The molecule has 0 spiro atoms. The summed E-state index contributed by atoms with van der Waals surface area (Å²) >= 11 is 0. The lowest BCUT2D eigenvalue weighted by molar-refractivity contribution is 0.0790. The zero-order valence-electron chi connectivity index (χ0n) is 14.1. The van der Waals surface area contributed by atoms with Crippen molar-refractivity contribution >= 4 is 16.7 Å². The molecule has 3 nitrogen and oxygen atoms in total. The second kappa shape index (κ2) is 7.31. The Bertz CT molecular complexity index is 725. The van der Waals surface area contributed by atoms with Crippen molar-refractivity contribution in [2.24, 2.45) is 0 Å². The lowest BCUT2D eigenvalue weighted by Crippen LogP contribution is -2.28. The number of likely N-dealkylation sites (tertiary alicyclic amines) is 1. The molecule has 1 aliphatic rings. The predicted molar refractivity (Wildman–Crippen MR) is 97.7 cm³/mol. The normalized spacial score (nSPS) is 18.8. The third-order valence-electron chi connectivity index (χ3n) is 4.51. The Kier molecular flexibility index (Phi) is 5.14. The Labute approximate surface area is 146 Å². The molecule has 1 aliphatic heterocycles. The summed E-state index contributed by atoms with van der Waals surface area (Å²) in [4.78, 5) is 15.4. The molecule has 2 atom stereocenters. The van der Waals surface area contributed by atoms with Crippen molar-refractivity contribution in [3.05, 3.63) is 65.7 Å². The molecule has 2 aromatic carbocycles. The summed E-state index contributed by atoms with van der Waals surface area (Å²) in [6.07, 6.45) is 1.01. The minimum atomic E-state index is -1.01. The molecule has 3 rings (SSSR count). The van der Waals surface area contributed by atoms with Gasteiger partial charge in [-0.05, 0) is 36.2 Å². The number of rotatable bonds is 4. The maximum absolute atomic E-state index is 12.7. The van der Waals surface area contributed by atoms with Crippen molar-refractivity contribution in [3.8, 4) is 0 Å². The van der Waals surface area contributed by atoms with Crippen LogP contribution in [0.25, 0.3) is 0 Å². The second-order valence-electron chi connectivity index (χ2n) is 6.52. The van der Waals surface area contributed by atoms with E-state index < -0.39 is 10.8 Å². The van der Waals surface area contributed by atoms with Crippen LogP contribution in [0.15, 0.2) is 59.5 Å². The molecule has 126 valence electrons. The van der Waals surface area contributed by atoms with Gasteiger partial charge in [-0.1, -0.05) is 44.2 Å². The van der Waals surface area contributed by atoms with Crippen LogP contribution in [0.5, 0.6) is 0 Å². The second-order valence-corrected chi connectivity index (χ2v) is 8.53. The SMILES string of the molecule is CC(C)[S@@](=O)c1ccc(C(=O)N2CC[C@H](c3ccccc3)C2)cc1. The van der Waals surface area contributed by atoms with Crippen LogP contribution < -0.4 is 0 Å². The zero-order chi connectivity index (χ0) is 17.1. The van der Waals surface area contributed by atoms with E-state index in [0.29, 0.717) is 11.5 Å². The summed E-state index contributed by atoms with van der Waals surface area (Å²) in [7, 11) is -1.01. The highest BCUT2D eigenvalue weighted by molar-refractivity contribution is 7.85. The van der Waals surface area contributed by atoms with Crippen molar-refractivity contribution in [2.45, 2.75) is 36.3 Å². The molecule has 1 fully saturated rings. The molecular weight excluding hydrogens is 318 g/mol. The van der Waals surface area contributed by atoms with Gasteiger partial charge in [-0.15, -0.1) is 0 Å². The van der Waals surface area contributed by atoms with Crippen molar-refractivity contribution < 1.29 is 9.00 Å². The van der Waals surface area contributed by atoms with Gasteiger partial charge in [0.1, 0.15) is 0 Å². The molecule has 24 heavy (non-hydrogen) atoms. The largest absolute Gasteiger partial charge is 0.338 e. The summed E-state index contributed by atoms with van der Waals surface area (Å²) in [6, 6.07) is 17.6. The van der Waals surface area contributed by atoms with Gasteiger partial charge in [-0.2, -0.15) is 0 Å². The number of nitrogens with zero attached hydrogens (tertiary/aromatic N) is 1. The topological polar surface area (TPSA) is 37.4 Å². The highest BCUT2D eigenvalue weighted by Gasteiger charge is 2.27. The van der Waals surface area contributed by atoms with Gasteiger partial charge in [0.25, 0.3) is 5.91 Å². The van der Waals surface area contributed by atoms with Gasteiger partial charge in [0.15, 0.2) is 0 Å². The Balaban J connectivity index is 1.68. The van der Waals surface area contributed by atoms with E-state index in [0.717, 1.165) is 24.4 Å². The van der Waals surface area contributed by atoms with E-state index >= 15 is 0 Å². The maximum Gasteiger partial charge on any atom is 0.253 e. The number of amides is 1. The molecule has 1 saturated heterocycles. The molecule has 0 saturated carbocycles. The molecule has 0 N–H and O–H groups in total. The average molecular weight is 341 g/mol. The summed E-state index contributed by atoms with van der Waals surface area (Å²) < 4.78 is 12.1. The number of carbonyl (C=O) groups is 1. The van der Waals surface area contributed by atoms with Gasteiger partial charge in [0.2, 0.25) is 0 Å². The molecule has 2 aromatic rings. The zero-order valence-corrected chi connectivity index (χ0v) is 15.0. The first-order valence-electron chi connectivity index (χ1n) is 8.41. The van der Waals surface area contributed by atoms with Gasteiger partial charge in [-0.25, -0.2) is 0 Å². The van der Waals surface area contributed by atoms with E-state index in [9.17, 15) is 9.00 Å². The van der Waals surface area contributed by atoms with Crippen LogP contribution in [0.3, 0.4) is 0 Å². The molecule has 0 aromatic heterocycles. The highest BCUT2D eigenvalue weighted by Crippen LogP contribution is 2.28. The van der Waals surface area contributed by atoms with Crippen LogP contribution in [-0.2, 0) is 10.8 Å². The maximum atomic E-state index is 12.7. The fourth-order valence-corrected chi connectivity index (χ4v) is 4.08. The quantitative estimate of drug-likeness (QED) is 0.847. The molecule has 0 aliphatic carbocycles. The first-order chi connectivity index (χ1) is 11.6. The summed E-state index contributed by atoms with van der Waals surface area (Å²) in [5, 5.41) is 0.0803. The van der Waals surface area contributed by atoms with Crippen LogP contribution in [0.4, 0.5) is 0 Å². The summed E-state index contributed by atoms with van der Waals surface area (Å²) in [6.45, 7) is 5.42. The van der Waals surface area contributed by atoms with Crippen LogP contribution in [0, 0.1) is 0 Å². The first-order valence-corrected chi connectivity index (χ1v) is 9.62. The first kappa shape index (κ1) is 16.9. The van der Waals surface area contributed by atoms with Crippen LogP contribution in [0.1, 0.15) is 42.1 Å². The van der Waals surface area contributed by atoms with Gasteiger partial charge in [0.05, 0.1) is 10.8 Å². The van der Waals surface area contributed by atoms with Crippen molar-refractivity contribution in [1.29, 1.82) is 0 Å². The van der Waals surface area contributed by atoms with E-state index in [1.165, 1.54) is 5.56 Å². The molecular formula is C20H23NO2S. The predicted octanol–water partition coefficient (Wildman–Crippen LogP) is 3.83. The smallest absolute Gasteiger partial charge is 0.253 e. The van der Waals surface area contributed by atoms with Crippen molar-refractivity contribution in [3.63, 3.8) is 0 Å². The minimum absolute atomic E-state index is 0.0651. The Morgan fingerprint density at radius 1 is 1.08 bits per heavy atom. The van der Waals surface area contributed by atoms with Gasteiger partial charge in [-0.3, -0.25) is 9.00 Å². The number of hydrogen-bond donors (Lipinski definition) is 0. The minimum Gasteiger partial charge on any atom is -0.338 e. The van der Waals surface area contributed by atoms with E-state index in [-0.39, 0.29) is 11.2 Å². The van der Waals surface area contributed by atoms with E-state index in [1.807, 2.05) is 49.1 Å². The van der Waals surface area contributed by atoms with E-state index in [2.05, 4.69) is 12.1 Å². The molecule has 4 heteroatoms. The monoisotopic (exact) mass is 341 g/mol. The fourth-order valence-electron chi connectivity index (χ4n) is 3.13. The standard InChI is InChI=1S/C20H23NO2S/c1-15(2)24(23)19-10-8-17(9-11-19)20(22)21-13-12-18(14-21)16-6-4-3-5-7-16/h3-11,15,18H,12-14H2,1-2H3/t18-,24+/m0/s1. The Hall–Kier alpha value is -1.94. The molecule has 0 unspecified atom stereocenters. The highest BCUT2D eigenvalue weighted by atomic mass is 32.2. The fraction of sp³-hybridized carbons (Fsp3) is 0.350. The van der Waals surface area contributed by atoms with Crippen molar-refractivity contribution in [1.82, 2.24) is 4.90 Å². The Morgan fingerprint density at radius 3 is 2.38 bits per heavy atom. The number of hydrogen-bond acceptors (Lipinski definition) is 2.